The average molecular weight is 581 g/mol. The fourth-order valence-corrected chi connectivity index (χ4v) is 6.89. The van der Waals surface area contributed by atoms with Crippen molar-refractivity contribution in [3.8, 4) is 5.75 Å². The Hall–Kier alpha value is -4.17. The van der Waals surface area contributed by atoms with E-state index in [2.05, 4.69) is 19.9 Å². The monoisotopic (exact) mass is 580 g/mol. The zero-order chi connectivity index (χ0) is 29.6. The lowest BCUT2D eigenvalue weighted by Gasteiger charge is -2.28. The highest BCUT2D eigenvalue weighted by atomic mass is 19.1. The van der Waals surface area contributed by atoms with Gasteiger partial charge in [0.05, 0.1) is 29.8 Å². The normalized spacial score (nSPS) is 20.5. The van der Waals surface area contributed by atoms with Crippen LogP contribution in [0, 0.1) is 11.7 Å². The Morgan fingerprint density at radius 3 is 2.35 bits per heavy atom. The second kappa shape index (κ2) is 11.2. The molecule has 7 rings (SSSR count). The van der Waals surface area contributed by atoms with Gasteiger partial charge in [0.1, 0.15) is 5.69 Å². The summed E-state index contributed by atoms with van der Waals surface area (Å²) < 4.78 is 24.0. The third-order valence-electron chi connectivity index (χ3n) is 9.36. The van der Waals surface area contributed by atoms with Crippen molar-refractivity contribution in [1.29, 1.82) is 0 Å². The first-order valence-electron chi connectivity index (χ1n) is 15.2. The fourth-order valence-electron chi connectivity index (χ4n) is 6.89. The third-order valence-corrected chi connectivity index (χ3v) is 9.36. The largest absolute Gasteiger partial charge is 0.492 e. The van der Waals surface area contributed by atoms with Gasteiger partial charge in [0.15, 0.2) is 22.6 Å². The summed E-state index contributed by atoms with van der Waals surface area (Å²) in [5.41, 5.74) is 2.12. The molecule has 0 bridgehead atoms. The van der Waals surface area contributed by atoms with E-state index in [1.165, 1.54) is 12.3 Å². The van der Waals surface area contributed by atoms with E-state index in [9.17, 15) is 4.79 Å². The van der Waals surface area contributed by atoms with Gasteiger partial charge in [-0.1, -0.05) is 65.8 Å². The maximum atomic E-state index is 16.0. The number of piperidine rings is 1. The quantitative estimate of drug-likeness (QED) is 0.205. The second-order valence-electron chi connectivity index (χ2n) is 12.1. The van der Waals surface area contributed by atoms with E-state index in [0.717, 1.165) is 56.4 Å². The number of nitrogens with zero attached hydrogens (tertiary/aromatic N) is 3. The number of benzene rings is 3. The van der Waals surface area contributed by atoms with E-state index in [4.69, 9.17) is 9.57 Å². The highest BCUT2D eigenvalue weighted by Crippen LogP contribution is 2.45. The highest BCUT2D eigenvalue weighted by Gasteiger charge is 2.38. The lowest BCUT2D eigenvalue weighted by atomic mass is 9.88. The van der Waals surface area contributed by atoms with Crippen LogP contribution < -0.4 is 20.4 Å². The van der Waals surface area contributed by atoms with Crippen molar-refractivity contribution >= 4 is 22.8 Å². The van der Waals surface area contributed by atoms with Crippen molar-refractivity contribution in [2.45, 2.75) is 50.3 Å². The minimum absolute atomic E-state index is 0.213. The number of halogens is 1. The Bertz CT molecular complexity index is 1670. The first kappa shape index (κ1) is 27.7. The van der Waals surface area contributed by atoms with Crippen LogP contribution in [-0.4, -0.2) is 43.6 Å². The molecule has 0 spiro atoms. The lowest BCUT2D eigenvalue weighted by molar-refractivity contribution is 0.000678. The summed E-state index contributed by atoms with van der Waals surface area (Å²) in [7, 11) is 1.57. The van der Waals surface area contributed by atoms with Crippen molar-refractivity contribution in [1.82, 2.24) is 9.88 Å². The van der Waals surface area contributed by atoms with Gasteiger partial charge in [-0.3, -0.25) is 4.79 Å². The predicted octanol–water partition coefficient (Wildman–Crippen LogP) is 5.99. The molecule has 0 amide bonds. The first-order valence-corrected chi connectivity index (χ1v) is 15.2. The fraction of sp³-hybridized carbons (Fsp3) is 0.371. The molecule has 1 N–H and O–H groups in total. The van der Waals surface area contributed by atoms with E-state index in [0.29, 0.717) is 34.5 Å². The van der Waals surface area contributed by atoms with Gasteiger partial charge < -0.3 is 24.4 Å². The van der Waals surface area contributed by atoms with Gasteiger partial charge in [0.25, 0.3) is 0 Å². The van der Waals surface area contributed by atoms with Crippen molar-refractivity contribution in [2.75, 3.05) is 31.6 Å². The van der Waals surface area contributed by atoms with E-state index in [1.807, 2.05) is 73.8 Å². The summed E-state index contributed by atoms with van der Waals surface area (Å²) in [6.07, 6.45) is 7.53. The van der Waals surface area contributed by atoms with Crippen LogP contribution in [0.2, 0.25) is 0 Å². The molecular formula is C35H37FN4O3. The molecule has 1 aliphatic carbocycles. The number of hydrogen-bond acceptors (Lipinski definition) is 6. The van der Waals surface area contributed by atoms with Crippen molar-refractivity contribution < 1.29 is 14.0 Å². The number of pyridine rings is 1. The molecule has 8 heteroatoms. The number of hydrogen-bond donors (Lipinski definition) is 1. The molecule has 1 saturated carbocycles. The Morgan fingerprint density at radius 2 is 1.72 bits per heavy atom. The number of methoxy groups -OCH3 is 1. The van der Waals surface area contributed by atoms with Crippen molar-refractivity contribution in [3.05, 3.63) is 106 Å². The molecule has 2 aliphatic heterocycles. The van der Waals surface area contributed by atoms with E-state index in [1.54, 1.807) is 7.11 Å². The van der Waals surface area contributed by atoms with Crippen molar-refractivity contribution in [2.24, 2.45) is 11.1 Å². The van der Waals surface area contributed by atoms with Crippen LogP contribution in [0.3, 0.4) is 0 Å². The van der Waals surface area contributed by atoms with Gasteiger partial charge in [-0.25, -0.2) is 4.39 Å². The van der Waals surface area contributed by atoms with Crippen LogP contribution in [0.1, 0.15) is 55.3 Å². The predicted molar refractivity (Wildman–Crippen MR) is 168 cm³/mol. The van der Waals surface area contributed by atoms with Crippen LogP contribution in [0.15, 0.2) is 82.9 Å². The molecule has 0 radical (unpaired) electrons. The van der Waals surface area contributed by atoms with Gasteiger partial charge in [-0.15, -0.1) is 0 Å². The number of aromatic nitrogens is 1. The zero-order valence-electron chi connectivity index (χ0n) is 24.6. The highest BCUT2D eigenvalue weighted by molar-refractivity contribution is 5.95. The maximum Gasteiger partial charge on any atom is 0.198 e. The van der Waals surface area contributed by atoms with Crippen LogP contribution in [-0.2, 0) is 10.4 Å². The number of ether oxygens (including phenoxy) is 1. The molecule has 2 saturated heterocycles. The summed E-state index contributed by atoms with van der Waals surface area (Å²) in [6.45, 7) is 4.45. The second-order valence-corrected chi connectivity index (χ2v) is 12.1. The minimum Gasteiger partial charge on any atom is -0.492 e. The molecule has 3 heterocycles. The Labute approximate surface area is 250 Å². The van der Waals surface area contributed by atoms with Gasteiger partial charge in [-0.05, 0) is 51.1 Å². The molecule has 1 aromatic heterocycles. The van der Waals surface area contributed by atoms with Crippen molar-refractivity contribution in [3.63, 3.8) is 0 Å². The van der Waals surface area contributed by atoms with E-state index in [-0.39, 0.29) is 16.9 Å². The van der Waals surface area contributed by atoms with Gasteiger partial charge in [-0.2, -0.15) is 0 Å². The molecule has 3 fully saturated rings. The molecule has 43 heavy (non-hydrogen) atoms. The molecule has 3 aliphatic rings. The average Bonchev–Trinajstić information content (AvgIpc) is 3.80. The third kappa shape index (κ3) is 4.97. The molecular weight excluding hydrogens is 543 g/mol. The maximum absolute atomic E-state index is 16.0. The number of oxime groups is 1. The lowest BCUT2D eigenvalue weighted by Crippen LogP contribution is -2.40. The standard InChI is InChI=1S/C35H37FN4O3/c1-35(25-11-5-3-6-12-25,26-13-7-4-8-14-26)43-38-19-24-21-40(27-15-16-27)31-28(33(24)41)18-29(36)32(34(31)42-2)39-20-23-10-9-17-37-30(23)22-39/h3-8,11-14,18-19,21,23,27,30,37H,9-10,15-17,20,22H2,1-2H3. The van der Waals surface area contributed by atoms with E-state index >= 15 is 4.39 Å². The van der Waals surface area contributed by atoms with Crippen LogP contribution in [0.5, 0.6) is 5.75 Å². The zero-order valence-corrected chi connectivity index (χ0v) is 24.6. The van der Waals surface area contributed by atoms with E-state index < -0.39 is 11.4 Å². The minimum atomic E-state index is -0.878. The van der Waals surface area contributed by atoms with Crippen LogP contribution in [0.4, 0.5) is 10.1 Å². The smallest absolute Gasteiger partial charge is 0.198 e. The summed E-state index contributed by atoms with van der Waals surface area (Å²) in [4.78, 5) is 22.2. The Kier molecular flexibility index (Phi) is 7.17. The SMILES string of the molecule is COc1c(N2CC3CCCNC3C2)c(F)cc2c(=O)c(C=NOC(C)(c3ccccc3)c3ccccc3)cn(C3CC3)c12. The molecule has 4 aromatic rings. The van der Waals surface area contributed by atoms with Gasteiger partial charge in [0.2, 0.25) is 0 Å². The van der Waals surface area contributed by atoms with Crippen LogP contribution in [0.25, 0.3) is 10.9 Å². The summed E-state index contributed by atoms with van der Waals surface area (Å²) in [5.74, 6) is 0.474. The molecule has 2 atom stereocenters. The van der Waals surface area contributed by atoms with Crippen LogP contribution >= 0.6 is 0 Å². The summed E-state index contributed by atoms with van der Waals surface area (Å²) in [5, 5.41) is 8.25. The van der Waals surface area contributed by atoms with Gasteiger partial charge >= 0.3 is 0 Å². The molecule has 7 nitrogen and oxygen atoms in total. The number of fused-ring (bicyclic) bond motifs is 2. The Morgan fingerprint density at radius 1 is 1.02 bits per heavy atom. The molecule has 222 valence electrons. The number of anilines is 1. The van der Waals surface area contributed by atoms with Gasteiger partial charge in [0, 0.05) is 42.5 Å². The summed E-state index contributed by atoms with van der Waals surface area (Å²) in [6, 6.07) is 21.7. The first-order chi connectivity index (χ1) is 21.0. The molecule has 3 aromatic carbocycles. The number of nitrogens with one attached hydrogen (secondary N) is 1. The Balaban J connectivity index is 1.29. The number of rotatable bonds is 8. The topological polar surface area (TPSA) is 68.1 Å². The molecule has 2 unspecified atom stereocenters. The summed E-state index contributed by atoms with van der Waals surface area (Å²) >= 11 is 0.